The average molecular weight is 729 g/mol. The van der Waals surface area contributed by atoms with Gasteiger partial charge in [-0.15, -0.1) is 11.3 Å². The topological polar surface area (TPSA) is 103 Å². The lowest BCUT2D eigenvalue weighted by Crippen LogP contribution is -2.57. The molecule has 16 heteroatoms. The van der Waals surface area contributed by atoms with E-state index >= 15 is 4.39 Å². The fourth-order valence-corrected chi connectivity index (χ4v) is 8.78. The van der Waals surface area contributed by atoms with Crippen molar-refractivity contribution >= 4 is 49.9 Å². The van der Waals surface area contributed by atoms with Crippen LogP contribution in [0.25, 0.3) is 32.2 Å². The number of hydrogen-bond donors (Lipinski definition) is 0. The van der Waals surface area contributed by atoms with Gasteiger partial charge in [0.25, 0.3) is 0 Å². The van der Waals surface area contributed by atoms with Crippen LogP contribution < -0.4 is 9.64 Å². The van der Waals surface area contributed by atoms with Gasteiger partial charge in [-0.2, -0.15) is 15.2 Å². The van der Waals surface area contributed by atoms with Gasteiger partial charge in [-0.05, 0) is 46.1 Å². The molecule has 270 valence electrons. The molecule has 2 aliphatic carbocycles. The first-order valence-electron chi connectivity index (χ1n) is 16.7. The molecule has 0 atom stereocenters. The zero-order chi connectivity index (χ0) is 36.3. The summed E-state index contributed by atoms with van der Waals surface area (Å²) in [6.07, 6.45) is 3.56. The summed E-state index contributed by atoms with van der Waals surface area (Å²) < 4.78 is 86.9. The molecule has 1 aliphatic heterocycles. The van der Waals surface area contributed by atoms with Crippen molar-refractivity contribution in [2.45, 2.75) is 43.6 Å². The maximum absolute atomic E-state index is 16.9. The van der Waals surface area contributed by atoms with Crippen LogP contribution in [0.15, 0.2) is 17.3 Å². The minimum Gasteiger partial charge on any atom is -0.463 e. The number of aromatic nitrogens is 3. The third-order valence-electron chi connectivity index (χ3n) is 10.6. The molecule has 3 aliphatic rings. The maximum Gasteiger partial charge on any atom is 0.319 e. The lowest BCUT2D eigenvalue weighted by Gasteiger charge is -2.49. The van der Waals surface area contributed by atoms with E-state index in [2.05, 4.69) is 36.5 Å². The Morgan fingerprint density at radius 2 is 1.84 bits per heavy atom. The monoisotopic (exact) mass is 728 g/mol. The number of alkyl halides is 2. The summed E-state index contributed by atoms with van der Waals surface area (Å²) in [5.74, 6) is -5.96. The largest absolute Gasteiger partial charge is 0.463 e. The van der Waals surface area contributed by atoms with Crippen LogP contribution in [0.3, 0.4) is 0 Å². The lowest BCUT2D eigenvalue weighted by molar-refractivity contribution is -0.183. The SMILES string of the molecule is C=Nc1sc2c(F)c(F)cc(-c3ncc4c(N(C)CC5(N(C)C)CCC5)nc(OCC5(CN6CCOCC6)CC(F)(F)C5)nc4c3F)c2c1C#N. The molecule has 7 rings (SSSR count). The van der Waals surface area contributed by atoms with E-state index in [1.807, 2.05) is 32.1 Å². The van der Waals surface area contributed by atoms with Gasteiger partial charge in [0.15, 0.2) is 17.5 Å². The predicted octanol–water partition coefficient (Wildman–Crippen LogP) is 6.57. The summed E-state index contributed by atoms with van der Waals surface area (Å²) in [7, 11) is 5.83. The Morgan fingerprint density at radius 1 is 1.12 bits per heavy atom. The first kappa shape index (κ1) is 35.4. The van der Waals surface area contributed by atoms with E-state index in [9.17, 15) is 22.8 Å². The summed E-state index contributed by atoms with van der Waals surface area (Å²) >= 11 is 0.723. The summed E-state index contributed by atoms with van der Waals surface area (Å²) in [6, 6.07) is 2.53. The zero-order valence-corrected chi connectivity index (χ0v) is 29.4. The van der Waals surface area contributed by atoms with Gasteiger partial charge < -0.3 is 19.3 Å². The van der Waals surface area contributed by atoms with Crippen LogP contribution in [0.1, 0.15) is 37.7 Å². The van der Waals surface area contributed by atoms with Gasteiger partial charge in [0.1, 0.15) is 28.1 Å². The Bertz CT molecular complexity index is 2050. The highest BCUT2D eigenvalue weighted by molar-refractivity contribution is 7.23. The molecule has 1 aromatic carbocycles. The van der Waals surface area contributed by atoms with Gasteiger partial charge in [0.2, 0.25) is 5.92 Å². The Kier molecular flexibility index (Phi) is 9.14. The maximum atomic E-state index is 16.9. The lowest BCUT2D eigenvalue weighted by atomic mass is 9.66. The van der Waals surface area contributed by atoms with Crippen LogP contribution in [-0.2, 0) is 4.74 Å². The average Bonchev–Trinajstić information content (AvgIpc) is 3.46. The van der Waals surface area contributed by atoms with E-state index in [4.69, 9.17) is 9.47 Å². The molecule has 0 bridgehead atoms. The number of rotatable bonds is 11. The number of thiophene rings is 1. The molecule has 0 radical (unpaired) electrons. The second-order valence-corrected chi connectivity index (χ2v) is 15.2. The number of likely N-dealkylation sites (N-methyl/N-ethyl adjacent to an activating group) is 2. The fraction of sp³-hybridized carbons (Fsp3) is 0.514. The van der Waals surface area contributed by atoms with E-state index in [-0.39, 0.29) is 73.8 Å². The molecule has 3 aromatic heterocycles. The molecule has 0 spiro atoms. The van der Waals surface area contributed by atoms with Crippen molar-refractivity contribution in [3.8, 4) is 23.3 Å². The van der Waals surface area contributed by atoms with Crippen molar-refractivity contribution in [2.24, 2.45) is 10.4 Å². The van der Waals surface area contributed by atoms with Crippen molar-refractivity contribution < 1.29 is 31.4 Å². The van der Waals surface area contributed by atoms with E-state index < -0.39 is 28.8 Å². The van der Waals surface area contributed by atoms with Crippen LogP contribution in [0, 0.1) is 34.2 Å². The highest BCUT2D eigenvalue weighted by Gasteiger charge is 2.57. The fourth-order valence-electron chi connectivity index (χ4n) is 7.77. The van der Waals surface area contributed by atoms with Crippen LogP contribution >= 0.6 is 11.3 Å². The van der Waals surface area contributed by atoms with Crippen molar-refractivity contribution in [3.05, 3.63) is 35.3 Å². The zero-order valence-electron chi connectivity index (χ0n) is 28.5. The number of nitriles is 1. The molecule has 51 heavy (non-hydrogen) atoms. The second kappa shape index (κ2) is 13.2. The van der Waals surface area contributed by atoms with E-state index in [1.165, 1.54) is 6.20 Å². The van der Waals surface area contributed by atoms with Crippen molar-refractivity contribution in [2.75, 3.05) is 72.0 Å². The minimum atomic E-state index is -2.83. The Hall–Kier alpha value is -4.04. The number of aliphatic imine (C=N–C) groups is 1. The normalized spacial score (nSPS) is 19.5. The number of pyridine rings is 1. The van der Waals surface area contributed by atoms with Gasteiger partial charge in [-0.1, -0.05) is 0 Å². The minimum absolute atomic E-state index is 0.0497. The number of halogens is 5. The Morgan fingerprint density at radius 3 is 2.45 bits per heavy atom. The molecular weight excluding hydrogens is 691 g/mol. The number of nitrogens with zero attached hydrogens (tertiary/aromatic N) is 8. The molecule has 4 aromatic rings. The Labute approximate surface area is 295 Å². The quantitative estimate of drug-likeness (QED) is 0.125. The van der Waals surface area contributed by atoms with Gasteiger partial charge in [0, 0.05) is 74.2 Å². The summed E-state index contributed by atoms with van der Waals surface area (Å²) in [5.41, 5.74) is -1.88. The Balaban J connectivity index is 1.33. The van der Waals surface area contributed by atoms with Crippen LogP contribution in [-0.4, -0.2) is 110 Å². The van der Waals surface area contributed by atoms with Gasteiger partial charge >= 0.3 is 6.01 Å². The highest BCUT2D eigenvalue weighted by Crippen LogP contribution is 2.53. The first-order chi connectivity index (χ1) is 24.3. The third kappa shape index (κ3) is 6.28. The summed E-state index contributed by atoms with van der Waals surface area (Å²) in [5, 5.41) is 10.2. The number of ether oxygens (including phenoxy) is 2. The predicted molar refractivity (Wildman–Crippen MR) is 185 cm³/mol. The third-order valence-corrected chi connectivity index (χ3v) is 11.7. The molecule has 10 nitrogen and oxygen atoms in total. The molecule has 4 heterocycles. The number of fused-ring (bicyclic) bond motifs is 2. The first-order valence-corrected chi connectivity index (χ1v) is 17.5. The number of anilines is 1. The van der Waals surface area contributed by atoms with Gasteiger partial charge in [0.05, 0.1) is 35.5 Å². The highest BCUT2D eigenvalue weighted by atomic mass is 32.1. The van der Waals surface area contributed by atoms with E-state index in [1.54, 1.807) is 0 Å². The van der Waals surface area contributed by atoms with Crippen LogP contribution in [0.2, 0.25) is 0 Å². The number of benzene rings is 1. The van der Waals surface area contributed by atoms with Crippen molar-refractivity contribution in [1.82, 2.24) is 24.8 Å². The van der Waals surface area contributed by atoms with Gasteiger partial charge in [-0.25, -0.2) is 22.0 Å². The molecular formula is C35H37F5N8O2S. The molecule has 0 N–H and O–H groups in total. The number of hydrogen-bond acceptors (Lipinski definition) is 11. The second-order valence-electron chi connectivity index (χ2n) is 14.2. The van der Waals surface area contributed by atoms with E-state index in [0.29, 0.717) is 45.2 Å². The molecule has 1 saturated heterocycles. The standard InChI is InChI=1S/C35H37F5N8O2S/c1-42-31-21(13-41)24-20(12-23(36)25(37)29(24)51-31)27-26(38)28-22(14-43-27)30(47(4)18-34(46(2)3)6-5-7-34)45-32(44-28)50-19-33(15-35(39,40)16-33)17-48-8-10-49-11-9-48/h12,14H,1,5-11,15-19H2,2-4H3. The summed E-state index contributed by atoms with van der Waals surface area (Å²) in [4.78, 5) is 23.4. The van der Waals surface area contributed by atoms with Gasteiger partial charge in [-0.3, -0.25) is 14.9 Å². The van der Waals surface area contributed by atoms with Crippen molar-refractivity contribution in [3.63, 3.8) is 0 Å². The smallest absolute Gasteiger partial charge is 0.319 e. The molecule has 3 fully saturated rings. The molecule has 0 unspecified atom stereocenters. The van der Waals surface area contributed by atoms with Crippen molar-refractivity contribution in [1.29, 1.82) is 5.26 Å². The van der Waals surface area contributed by atoms with Crippen LogP contribution in [0.4, 0.5) is 32.8 Å². The van der Waals surface area contributed by atoms with Crippen LogP contribution in [0.5, 0.6) is 6.01 Å². The van der Waals surface area contributed by atoms with E-state index in [0.717, 1.165) is 36.7 Å². The number of morpholine rings is 1. The molecule has 0 amide bonds. The summed E-state index contributed by atoms with van der Waals surface area (Å²) in [6.45, 7) is 6.46. The molecule has 2 saturated carbocycles.